The molecule has 0 bridgehead atoms. The lowest BCUT2D eigenvalue weighted by atomic mass is 10.0. The van der Waals surface area contributed by atoms with Crippen molar-refractivity contribution >= 4 is 11.6 Å². The molecule has 0 saturated carbocycles. The molecule has 1 aromatic heterocycles. The molecular formula is C18H23ClN2O. The first-order valence-electron chi connectivity index (χ1n) is 7.57. The molecule has 0 aliphatic carbocycles. The van der Waals surface area contributed by atoms with E-state index in [0.29, 0.717) is 0 Å². The van der Waals surface area contributed by atoms with Gasteiger partial charge in [-0.1, -0.05) is 17.7 Å². The summed E-state index contributed by atoms with van der Waals surface area (Å²) in [5.74, 6) is 0.169. The van der Waals surface area contributed by atoms with Crippen LogP contribution >= 0.6 is 11.6 Å². The molecule has 22 heavy (non-hydrogen) atoms. The highest BCUT2D eigenvalue weighted by Gasteiger charge is 2.10. The summed E-state index contributed by atoms with van der Waals surface area (Å²) >= 11 is 6.06. The summed E-state index contributed by atoms with van der Waals surface area (Å²) in [6.07, 6.45) is 2.57. The largest absolute Gasteiger partial charge is 0.396 e. The van der Waals surface area contributed by atoms with Gasteiger partial charge in [-0.25, -0.2) is 0 Å². The number of halogens is 1. The van der Waals surface area contributed by atoms with Crippen LogP contribution in [-0.4, -0.2) is 23.2 Å². The molecule has 0 aliphatic heterocycles. The number of benzene rings is 1. The van der Waals surface area contributed by atoms with Crippen LogP contribution in [-0.2, 0) is 13.0 Å². The Hall–Kier alpha value is -1.42. The molecule has 3 nitrogen and oxygen atoms in total. The standard InChI is InChI=1S/C18H23ClN2O/c1-13-7-16(19)8-14(2)18(13)11-20-10-15(12-22)9-17-5-3-4-6-21-17/h3-8,15,20,22H,9-12H2,1-2H3. The van der Waals surface area contributed by atoms with E-state index in [4.69, 9.17) is 11.6 Å². The van der Waals surface area contributed by atoms with Crippen LogP contribution in [0.5, 0.6) is 0 Å². The maximum Gasteiger partial charge on any atom is 0.0475 e. The minimum absolute atomic E-state index is 0.155. The van der Waals surface area contributed by atoms with E-state index < -0.39 is 0 Å². The van der Waals surface area contributed by atoms with Gasteiger partial charge in [0.2, 0.25) is 0 Å². The van der Waals surface area contributed by atoms with Crippen LogP contribution in [0.4, 0.5) is 0 Å². The zero-order chi connectivity index (χ0) is 15.9. The molecular weight excluding hydrogens is 296 g/mol. The number of aromatic nitrogens is 1. The van der Waals surface area contributed by atoms with Crippen molar-refractivity contribution < 1.29 is 5.11 Å². The predicted molar refractivity (Wildman–Crippen MR) is 91.1 cm³/mol. The third kappa shape index (κ3) is 4.80. The van der Waals surface area contributed by atoms with Crippen molar-refractivity contribution in [3.63, 3.8) is 0 Å². The Labute approximate surface area is 137 Å². The third-order valence-corrected chi connectivity index (χ3v) is 4.10. The van der Waals surface area contributed by atoms with Crippen LogP contribution in [0, 0.1) is 19.8 Å². The average Bonchev–Trinajstić information content (AvgIpc) is 2.49. The number of aliphatic hydroxyl groups is 1. The summed E-state index contributed by atoms with van der Waals surface area (Å²) in [6.45, 7) is 5.85. The van der Waals surface area contributed by atoms with E-state index in [-0.39, 0.29) is 12.5 Å². The van der Waals surface area contributed by atoms with Crippen LogP contribution in [0.25, 0.3) is 0 Å². The van der Waals surface area contributed by atoms with Gasteiger partial charge >= 0.3 is 0 Å². The normalized spacial score (nSPS) is 12.4. The predicted octanol–water partition coefficient (Wildman–Crippen LogP) is 3.29. The van der Waals surface area contributed by atoms with Crippen LogP contribution in [0.3, 0.4) is 0 Å². The summed E-state index contributed by atoms with van der Waals surface area (Å²) in [4.78, 5) is 4.32. The topological polar surface area (TPSA) is 45.1 Å². The summed E-state index contributed by atoms with van der Waals surface area (Å²) in [5.41, 5.74) is 4.69. The van der Waals surface area contributed by atoms with E-state index >= 15 is 0 Å². The monoisotopic (exact) mass is 318 g/mol. The third-order valence-electron chi connectivity index (χ3n) is 3.88. The Morgan fingerprint density at radius 2 is 1.95 bits per heavy atom. The summed E-state index contributed by atoms with van der Waals surface area (Å²) in [7, 11) is 0. The van der Waals surface area contributed by atoms with Crippen molar-refractivity contribution in [1.29, 1.82) is 0 Å². The van der Waals surface area contributed by atoms with Gasteiger partial charge in [0.1, 0.15) is 0 Å². The van der Waals surface area contributed by atoms with Crippen LogP contribution in [0.1, 0.15) is 22.4 Å². The van der Waals surface area contributed by atoms with Crippen molar-refractivity contribution in [1.82, 2.24) is 10.3 Å². The summed E-state index contributed by atoms with van der Waals surface area (Å²) in [6, 6.07) is 9.86. The van der Waals surface area contributed by atoms with Crippen LogP contribution in [0.15, 0.2) is 36.5 Å². The number of rotatable bonds is 7. The van der Waals surface area contributed by atoms with Gasteiger partial charge in [0, 0.05) is 36.6 Å². The smallest absolute Gasteiger partial charge is 0.0475 e. The Balaban J connectivity index is 1.89. The molecule has 0 radical (unpaired) electrons. The fourth-order valence-electron chi connectivity index (χ4n) is 2.64. The number of aryl methyl sites for hydroxylation is 2. The highest BCUT2D eigenvalue weighted by Crippen LogP contribution is 2.20. The second-order valence-corrected chi connectivity index (χ2v) is 6.16. The molecule has 1 unspecified atom stereocenters. The molecule has 2 N–H and O–H groups in total. The van der Waals surface area contributed by atoms with Gasteiger partial charge in [-0.05, 0) is 67.1 Å². The van der Waals surface area contributed by atoms with E-state index in [9.17, 15) is 5.11 Å². The lowest BCUT2D eigenvalue weighted by Gasteiger charge is -2.16. The van der Waals surface area contributed by atoms with E-state index in [2.05, 4.69) is 24.1 Å². The van der Waals surface area contributed by atoms with Crippen LogP contribution in [0.2, 0.25) is 5.02 Å². The molecule has 2 aromatic rings. The van der Waals surface area contributed by atoms with Crippen molar-refractivity contribution in [3.8, 4) is 0 Å². The maximum atomic E-state index is 9.54. The Kier molecular flexibility index (Phi) is 6.37. The van der Waals surface area contributed by atoms with Gasteiger partial charge in [-0.2, -0.15) is 0 Å². The second-order valence-electron chi connectivity index (χ2n) is 5.72. The molecule has 1 atom stereocenters. The van der Waals surface area contributed by atoms with Gasteiger partial charge in [0.25, 0.3) is 0 Å². The Morgan fingerprint density at radius 3 is 2.55 bits per heavy atom. The fourth-order valence-corrected chi connectivity index (χ4v) is 2.96. The molecule has 0 amide bonds. The van der Waals surface area contributed by atoms with E-state index in [0.717, 1.165) is 30.2 Å². The Bertz CT molecular complexity index is 578. The average molecular weight is 319 g/mol. The molecule has 0 spiro atoms. The zero-order valence-corrected chi connectivity index (χ0v) is 13.9. The van der Waals surface area contributed by atoms with Crippen molar-refractivity contribution in [2.45, 2.75) is 26.8 Å². The number of pyridine rings is 1. The van der Waals surface area contributed by atoms with E-state index in [1.807, 2.05) is 30.3 Å². The van der Waals surface area contributed by atoms with Crippen molar-refractivity contribution in [3.05, 3.63) is 63.9 Å². The summed E-state index contributed by atoms with van der Waals surface area (Å²) in [5, 5.41) is 13.8. The SMILES string of the molecule is Cc1cc(Cl)cc(C)c1CNCC(CO)Cc1ccccn1. The number of hydrogen-bond donors (Lipinski definition) is 2. The first-order chi connectivity index (χ1) is 10.6. The summed E-state index contributed by atoms with van der Waals surface area (Å²) < 4.78 is 0. The molecule has 0 saturated heterocycles. The molecule has 0 aliphatic rings. The lowest BCUT2D eigenvalue weighted by Crippen LogP contribution is -2.27. The van der Waals surface area contributed by atoms with E-state index in [1.165, 1.54) is 16.7 Å². The number of hydrogen-bond acceptors (Lipinski definition) is 3. The fraction of sp³-hybridized carbons (Fsp3) is 0.389. The van der Waals surface area contributed by atoms with Gasteiger partial charge < -0.3 is 10.4 Å². The van der Waals surface area contributed by atoms with Gasteiger partial charge in [-0.3, -0.25) is 4.98 Å². The molecule has 1 aromatic carbocycles. The molecule has 4 heteroatoms. The minimum atomic E-state index is 0.155. The quantitative estimate of drug-likeness (QED) is 0.823. The number of nitrogens with one attached hydrogen (secondary N) is 1. The van der Waals surface area contributed by atoms with Gasteiger partial charge in [0.15, 0.2) is 0 Å². The van der Waals surface area contributed by atoms with E-state index in [1.54, 1.807) is 6.20 Å². The minimum Gasteiger partial charge on any atom is -0.396 e. The molecule has 0 fully saturated rings. The highest BCUT2D eigenvalue weighted by molar-refractivity contribution is 6.30. The van der Waals surface area contributed by atoms with Gasteiger partial charge in [0.05, 0.1) is 0 Å². The van der Waals surface area contributed by atoms with Crippen molar-refractivity contribution in [2.75, 3.05) is 13.2 Å². The first-order valence-corrected chi connectivity index (χ1v) is 7.95. The van der Waals surface area contributed by atoms with Gasteiger partial charge in [-0.15, -0.1) is 0 Å². The maximum absolute atomic E-state index is 9.54. The molecule has 2 rings (SSSR count). The second kappa shape index (κ2) is 8.28. The number of aliphatic hydroxyl groups excluding tert-OH is 1. The van der Waals surface area contributed by atoms with Crippen molar-refractivity contribution in [2.24, 2.45) is 5.92 Å². The first kappa shape index (κ1) is 16.9. The molecule has 118 valence electrons. The number of nitrogens with zero attached hydrogens (tertiary/aromatic N) is 1. The van der Waals surface area contributed by atoms with Crippen LogP contribution < -0.4 is 5.32 Å². The Morgan fingerprint density at radius 1 is 1.23 bits per heavy atom. The highest BCUT2D eigenvalue weighted by atomic mass is 35.5. The zero-order valence-electron chi connectivity index (χ0n) is 13.1. The molecule has 1 heterocycles. The lowest BCUT2D eigenvalue weighted by molar-refractivity contribution is 0.220.